The SMILES string of the molecule is CCC1(O)CC(Nc2nc(OC)c3c(-c4ccc5ncnn5c4)ccn3n2)C1. The average molecular weight is 379 g/mol. The number of pyridine rings is 1. The Kier molecular flexibility index (Phi) is 3.73. The van der Waals surface area contributed by atoms with Crippen LogP contribution in [0, 0.1) is 0 Å². The Balaban J connectivity index is 1.51. The fourth-order valence-electron chi connectivity index (χ4n) is 3.84. The number of fused-ring (bicyclic) bond motifs is 2. The zero-order chi connectivity index (χ0) is 19.3. The first-order chi connectivity index (χ1) is 13.6. The standard InChI is InChI=1S/C19H21N7O2/c1-3-19(27)8-13(9-19)22-18-23-17(28-2)16-14(6-7-25(16)24-18)12-4-5-15-20-11-21-26(15)10-12/h4-7,10-11,13,27H,3,8-9H2,1-2H3,(H,22,24). The molecule has 0 unspecified atom stereocenters. The molecule has 0 spiro atoms. The number of aliphatic hydroxyl groups is 1. The number of hydrogen-bond acceptors (Lipinski definition) is 7. The van der Waals surface area contributed by atoms with Gasteiger partial charge in [-0.25, -0.2) is 14.0 Å². The van der Waals surface area contributed by atoms with Crippen LogP contribution in [0.25, 0.3) is 22.3 Å². The zero-order valence-corrected chi connectivity index (χ0v) is 15.7. The summed E-state index contributed by atoms with van der Waals surface area (Å²) in [7, 11) is 1.60. The maximum atomic E-state index is 10.2. The number of anilines is 1. The summed E-state index contributed by atoms with van der Waals surface area (Å²) in [6, 6.07) is 6.05. The topological polar surface area (TPSA) is 102 Å². The van der Waals surface area contributed by atoms with Crippen LogP contribution in [0.2, 0.25) is 0 Å². The van der Waals surface area contributed by atoms with E-state index < -0.39 is 5.60 Å². The van der Waals surface area contributed by atoms with Gasteiger partial charge in [0.05, 0.1) is 12.7 Å². The van der Waals surface area contributed by atoms with Crippen LogP contribution in [0.3, 0.4) is 0 Å². The third-order valence-electron chi connectivity index (χ3n) is 5.50. The lowest BCUT2D eigenvalue weighted by molar-refractivity contribution is -0.0442. The van der Waals surface area contributed by atoms with Gasteiger partial charge in [0.25, 0.3) is 0 Å². The summed E-state index contributed by atoms with van der Waals surface area (Å²) in [5.74, 6) is 0.975. The average Bonchev–Trinajstić information content (AvgIpc) is 3.32. The molecule has 0 radical (unpaired) electrons. The molecule has 1 aliphatic rings. The maximum Gasteiger partial charge on any atom is 0.244 e. The summed E-state index contributed by atoms with van der Waals surface area (Å²) in [5.41, 5.74) is 2.92. The number of ether oxygens (including phenoxy) is 1. The Hall–Kier alpha value is -3.20. The molecule has 4 heterocycles. The van der Waals surface area contributed by atoms with Gasteiger partial charge in [-0.1, -0.05) is 6.92 Å². The van der Waals surface area contributed by atoms with Crippen LogP contribution in [-0.2, 0) is 0 Å². The van der Waals surface area contributed by atoms with Crippen LogP contribution < -0.4 is 10.1 Å². The van der Waals surface area contributed by atoms with Crippen molar-refractivity contribution in [1.82, 2.24) is 29.2 Å². The summed E-state index contributed by atoms with van der Waals surface area (Å²) in [4.78, 5) is 8.72. The second kappa shape index (κ2) is 6.16. The van der Waals surface area contributed by atoms with Gasteiger partial charge in [0, 0.05) is 29.6 Å². The molecule has 4 aromatic heterocycles. The predicted molar refractivity (Wildman–Crippen MR) is 103 cm³/mol. The van der Waals surface area contributed by atoms with Gasteiger partial charge in [0.1, 0.15) is 11.8 Å². The van der Waals surface area contributed by atoms with Crippen molar-refractivity contribution in [2.24, 2.45) is 0 Å². The molecule has 1 aliphatic carbocycles. The van der Waals surface area contributed by atoms with Crippen LogP contribution >= 0.6 is 0 Å². The van der Waals surface area contributed by atoms with Crippen molar-refractivity contribution in [3.8, 4) is 17.0 Å². The Morgan fingerprint density at radius 3 is 2.93 bits per heavy atom. The molecule has 0 bridgehead atoms. The van der Waals surface area contributed by atoms with Crippen LogP contribution in [0.15, 0.2) is 36.9 Å². The van der Waals surface area contributed by atoms with Gasteiger partial charge in [-0.3, -0.25) is 0 Å². The molecule has 1 saturated carbocycles. The smallest absolute Gasteiger partial charge is 0.244 e. The molecule has 28 heavy (non-hydrogen) atoms. The Morgan fingerprint density at radius 2 is 2.14 bits per heavy atom. The first-order valence-corrected chi connectivity index (χ1v) is 9.30. The van der Waals surface area contributed by atoms with Crippen LogP contribution in [0.5, 0.6) is 5.88 Å². The van der Waals surface area contributed by atoms with Crippen LogP contribution in [-0.4, -0.2) is 53.1 Å². The molecule has 2 N–H and O–H groups in total. The number of rotatable bonds is 5. The van der Waals surface area contributed by atoms with Crippen molar-refractivity contribution < 1.29 is 9.84 Å². The lowest BCUT2D eigenvalue weighted by atomic mass is 9.74. The van der Waals surface area contributed by atoms with E-state index in [9.17, 15) is 5.11 Å². The summed E-state index contributed by atoms with van der Waals surface area (Å²) >= 11 is 0. The Morgan fingerprint density at radius 1 is 1.29 bits per heavy atom. The van der Waals surface area contributed by atoms with Gasteiger partial charge in [-0.2, -0.15) is 10.1 Å². The number of nitrogens with one attached hydrogen (secondary N) is 1. The minimum Gasteiger partial charge on any atom is -0.479 e. The molecule has 4 aromatic rings. The van der Waals surface area contributed by atoms with Gasteiger partial charge in [-0.05, 0) is 37.5 Å². The van der Waals surface area contributed by atoms with E-state index in [1.807, 2.05) is 37.5 Å². The first-order valence-electron chi connectivity index (χ1n) is 9.30. The molecule has 0 saturated heterocycles. The Labute approximate surface area is 161 Å². The highest BCUT2D eigenvalue weighted by atomic mass is 16.5. The fourth-order valence-corrected chi connectivity index (χ4v) is 3.84. The number of aromatic nitrogens is 6. The molecule has 9 heteroatoms. The summed E-state index contributed by atoms with van der Waals surface area (Å²) in [6.07, 6.45) is 7.48. The molecule has 0 aliphatic heterocycles. The van der Waals surface area contributed by atoms with Gasteiger partial charge >= 0.3 is 0 Å². The maximum absolute atomic E-state index is 10.2. The van der Waals surface area contributed by atoms with Gasteiger partial charge in [0.2, 0.25) is 11.8 Å². The van der Waals surface area contributed by atoms with Crippen molar-refractivity contribution in [1.29, 1.82) is 0 Å². The summed E-state index contributed by atoms with van der Waals surface area (Å²) in [5, 5.41) is 22.3. The highest BCUT2D eigenvalue weighted by molar-refractivity contribution is 5.84. The predicted octanol–water partition coefficient (Wildman–Crippen LogP) is 2.16. The van der Waals surface area contributed by atoms with Crippen molar-refractivity contribution in [3.05, 3.63) is 36.9 Å². The molecule has 0 atom stereocenters. The highest BCUT2D eigenvalue weighted by Gasteiger charge is 2.41. The van der Waals surface area contributed by atoms with Crippen molar-refractivity contribution in [2.75, 3.05) is 12.4 Å². The van der Waals surface area contributed by atoms with Gasteiger partial charge in [-0.15, -0.1) is 5.10 Å². The number of hydrogen-bond donors (Lipinski definition) is 2. The van der Waals surface area contributed by atoms with Crippen LogP contribution in [0.4, 0.5) is 5.95 Å². The molecule has 1 fully saturated rings. The largest absolute Gasteiger partial charge is 0.479 e. The van der Waals surface area contributed by atoms with Crippen molar-refractivity contribution >= 4 is 17.1 Å². The molecule has 0 aromatic carbocycles. The third kappa shape index (κ3) is 2.66. The molecule has 144 valence electrons. The monoisotopic (exact) mass is 379 g/mol. The molecular formula is C19H21N7O2. The third-order valence-corrected chi connectivity index (χ3v) is 5.50. The molecule has 9 nitrogen and oxygen atoms in total. The van der Waals surface area contributed by atoms with E-state index >= 15 is 0 Å². The van der Waals surface area contributed by atoms with E-state index in [0.717, 1.165) is 28.7 Å². The Bertz CT molecular complexity index is 1160. The van der Waals surface area contributed by atoms with E-state index in [2.05, 4.69) is 25.5 Å². The summed E-state index contributed by atoms with van der Waals surface area (Å²) < 4.78 is 9.05. The summed E-state index contributed by atoms with van der Waals surface area (Å²) in [6.45, 7) is 2.00. The van der Waals surface area contributed by atoms with Crippen molar-refractivity contribution in [2.45, 2.75) is 37.8 Å². The lowest BCUT2D eigenvalue weighted by Crippen LogP contribution is -2.50. The number of methoxy groups -OCH3 is 1. The van der Waals surface area contributed by atoms with Crippen molar-refractivity contribution in [3.63, 3.8) is 0 Å². The van der Waals surface area contributed by atoms with E-state index in [4.69, 9.17) is 4.74 Å². The molecular weight excluding hydrogens is 358 g/mol. The van der Waals surface area contributed by atoms with Gasteiger partial charge < -0.3 is 15.2 Å². The molecule has 5 rings (SSSR count). The second-order valence-corrected chi connectivity index (χ2v) is 7.28. The van der Waals surface area contributed by atoms with Gasteiger partial charge in [0.15, 0.2) is 5.65 Å². The lowest BCUT2D eigenvalue weighted by Gasteiger charge is -2.43. The molecule has 0 amide bonds. The first kappa shape index (κ1) is 16.9. The van der Waals surface area contributed by atoms with Crippen LogP contribution in [0.1, 0.15) is 26.2 Å². The quantitative estimate of drug-likeness (QED) is 0.548. The minimum atomic E-state index is -0.563. The zero-order valence-electron chi connectivity index (χ0n) is 15.7. The highest BCUT2D eigenvalue weighted by Crippen LogP contribution is 2.37. The minimum absolute atomic E-state index is 0.164. The van der Waals surface area contributed by atoms with E-state index in [0.29, 0.717) is 24.7 Å². The normalized spacial score (nSPS) is 21.8. The number of nitrogens with zero attached hydrogens (tertiary/aromatic N) is 6. The fraction of sp³-hybridized carbons (Fsp3) is 0.368. The van der Waals surface area contributed by atoms with E-state index in [-0.39, 0.29) is 6.04 Å². The van der Waals surface area contributed by atoms with E-state index in [1.165, 1.54) is 6.33 Å². The second-order valence-electron chi connectivity index (χ2n) is 7.28. The van der Waals surface area contributed by atoms with E-state index in [1.54, 1.807) is 16.1 Å².